The minimum Gasteiger partial charge on any atom is -0.478 e. The summed E-state index contributed by atoms with van der Waals surface area (Å²) in [4.78, 5) is 13.5. The molecule has 2 heterocycles. The second-order valence-corrected chi connectivity index (χ2v) is 5.10. The summed E-state index contributed by atoms with van der Waals surface area (Å²) in [5, 5.41) is 17.2. The number of aromatic carboxylic acids is 1. The minimum atomic E-state index is -0.971. The number of ether oxygens (including phenoxy) is 1. The molecule has 0 saturated carbocycles. The summed E-state index contributed by atoms with van der Waals surface area (Å²) < 4.78 is 7.10. The predicted octanol–water partition coefficient (Wildman–Crippen LogP) is 0.852. The van der Waals surface area contributed by atoms with E-state index in [0.29, 0.717) is 5.52 Å². The molecule has 0 amide bonds. The van der Waals surface area contributed by atoms with Crippen LogP contribution >= 0.6 is 0 Å². The van der Waals surface area contributed by atoms with Crippen LogP contribution in [-0.4, -0.2) is 63.8 Å². The molecule has 0 unspecified atom stereocenters. The van der Waals surface area contributed by atoms with E-state index in [1.54, 1.807) is 16.8 Å². The third kappa shape index (κ3) is 3.03. The van der Waals surface area contributed by atoms with Gasteiger partial charge >= 0.3 is 5.97 Å². The molecule has 3 rings (SSSR count). The molecule has 0 radical (unpaired) electrons. The number of carbonyl (C=O) groups is 1. The van der Waals surface area contributed by atoms with E-state index >= 15 is 0 Å². The van der Waals surface area contributed by atoms with Gasteiger partial charge in [-0.15, -0.1) is 5.10 Å². The highest BCUT2D eigenvalue weighted by molar-refractivity contribution is 6.00. The predicted molar refractivity (Wildman–Crippen MR) is 76.4 cm³/mol. The van der Waals surface area contributed by atoms with Gasteiger partial charge in [-0.1, -0.05) is 11.3 Å². The first-order valence-electron chi connectivity index (χ1n) is 7.11. The van der Waals surface area contributed by atoms with E-state index in [1.807, 2.05) is 6.07 Å². The highest BCUT2D eigenvalue weighted by Crippen LogP contribution is 2.16. The van der Waals surface area contributed by atoms with Gasteiger partial charge in [-0.3, -0.25) is 4.90 Å². The lowest BCUT2D eigenvalue weighted by molar-refractivity contribution is 0.0368. The first-order chi connectivity index (χ1) is 10.3. The standard InChI is InChI=1S/C14H18N4O3/c19-14(20)11-3-1-4-12-13(11)15-16-18(12)6-2-5-17-7-9-21-10-8-17/h1,3-4H,2,5-10H2,(H,19,20). The quantitative estimate of drug-likeness (QED) is 0.879. The molecule has 1 saturated heterocycles. The number of fused-ring (bicyclic) bond motifs is 1. The van der Waals surface area contributed by atoms with Crippen LogP contribution in [0, 0.1) is 0 Å². The van der Waals surface area contributed by atoms with E-state index in [1.165, 1.54) is 0 Å². The molecular formula is C14H18N4O3. The largest absolute Gasteiger partial charge is 0.478 e. The summed E-state index contributed by atoms with van der Waals surface area (Å²) in [7, 11) is 0. The van der Waals surface area contributed by atoms with Crippen LogP contribution in [0.4, 0.5) is 0 Å². The maximum Gasteiger partial charge on any atom is 0.338 e. The Hall–Kier alpha value is -1.99. The van der Waals surface area contributed by atoms with Crippen LogP contribution in [0.1, 0.15) is 16.8 Å². The number of carboxylic acids is 1. The molecule has 7 heteroatoms. The normalized spacial score (nSPS) is 16.4. The molecule has 112 valence electrons. The Bertz CT molecular complexity index is 634. The van der Waals surface area contributed by atoms with Gasteiger partial charge in [0.15, 0.2) is 0 Å². The van der Waals surface area contributed by atoms with E-state index in [-0.39, 0.29) is 5.56 Å². The Kier molecular flexibility index (Phi) is 4.12. The molecule has 1 aromatic carbocycles. The summed E-state index contributed by atoms with van der Waals surface area (Å²) >= 11 is 0. The maximum atomic E-state index is 11.1. The van der Waals surface area contributed by atoms with E-state index in [2.05, 4.69) is 15.2 Å². The van der Waals surface area contributed by atoms with Crippen LogP contribution < -0.4 is 0 Å². The maximum absolute atomic E-state index is 11.1. The van der Waals surface area contributed by atoms with Gasteiger partial charge in [-0.2, -0.15) is 0 Å². The van der Waals surface area contributed by atoms with Gasteiger partial charge in [-0.05, 0) is 18.6 Å². The minimum absolute atomic E-state index is 0.201. The van der Waals surface area contributed by atoms with Crippen molar-refractivity contribution in [2.45, 2.75) is 13.0 Å². The molecule has 2 aromatic rings. The monoisotopic (exact) mass is 290 g/mol. The fourth-order valence-corrected chi connectivity index (χ4v) is 2.60. The third-order valence-electron chi connectivity index (χ3n) is 3.72. The van der Waals surface area contributed by atoms with Gasteiger partial charge in [0.1, 0.15) is 5.52 Å². The molecule has 0 bridgehead atoms. The second-order valence-electron chi connectivity index (χ2n) is 5.10. The van der Waals surface area contributed by atoms with Crippen LogP contribution in [0.3, 0.4) is 0 Å². The number of rotatable bonds is 5. The summed E-state index contributed by atoms with van der Waals surface area (Å²) in [6.07, 6.45) is 0.954. The lowest BCUT2D eigenvalue weighted by Gasteiger charge is -2.26. The van der Waals surface area contributed by atoms with Gasteiger partial charge in [0.2, 0.25) is 0 Å². The molecule has 0 aliphatic carbocycles. The van der Waals surface area contributed by atoms with Crippen molar-refractivity contribution >= 4 is 17.0 Å². The van der Waals surface area contributed by atoms with E-state index < -0.39 is 5.97 Å². The lowest BCUT2D eigenvalue weighted by Crippen LogP contribution is -2.37. The first-order valence-corrected chi connectivity index (χ1v) is 7.11. The molecule has 0 spiro atoms. The van der Waals surface area contributed by atoms with Gasteiger partial charge in [0, 0.05) is 26.2 Å². The molecule has 1 fully saturated rings. The second kappa shape index (κ2) is 6.19. The molecule has 1 aromatic heterocycles. The van der Waals surface area contributed by atoms with Crippen molar-refractivity contribution in [2.75, 3.05) is 32.8 Å². The van der Waals surface area contributed by atoms with Crippen LogP contribution in [0.25, 0.3) is 11.0 Å². The highest BCUT2D eigenvalue weighted by atomic mass is 16.5. The zero-order valence-corrected chi connectivity index (χ0v) is 11.7. The van der Waals surface area contributed by atoms with Gasteiger partial charge in [0.05, 0.1) is 24.3 Å². The van der Waals surface area contributed by atoms with E-state index in [0.717, 1.165) is 51.3 Å². The topological polar surface area (TPSA) is 80.5 Å². The number of aryl methyl sites for hydroxylation is 1. The van der Waals surface area contributed by atoms with Crippen LogP contribution in [-0.2, 0) is 11.3 Å². The molecule has 21 heavy (non-hydrogen) atoms. The van der Waals surface area contributed by atoms with Crippen LogP contribution in [0.15, 0.2) is 18.2 Å². The molecule has 7 nitrogen and oxygen atoms in total. The molecule has 1 aliphatic heterocycles. The first kappa shape index (κ1) is 14.0. The Morgan fingerprint density at radius 1 is 1.29 bits per heavy atom. The van der Waals surface area contributed by atoms with Gasteiger partial charge < -0.3 is 9.84 Å². The van der Waals surface area contributed by atoms with Crippen molar-refractivity contribution in [3.05, 3.63) is 23.8 Å². The number of hydrogen-bond acceptors (Lipinski definition) is 5. The summed E-state index contributed by atoms with van der Waals surface area (Å²) in [6.45, 7) is 5.27. The van der Waals surface area contributed by atoms with Gasteiger partial charge in [-0.25, -0.2) is 9.48 Å². The smallest absolute Gasteiger partial charge is 0.338 e. The van der Waals surface area contributed by atoms with Crippen molar-refractivity contribution in [3.63, 3.8) is 0 Å². The molecular weight excluding hydrogens is 272 g/mol. The number of hydrogen-bond donors (Lipinski definition) is 1. The number of benzene rings is 1. The molecule has 1 aliphatic rings. The Balaban J connectivity index is 1.67. The summed E-state index contributed by atoms with van der Waals surface area (Å²) in [5.74, 6) is -0.971. The lowest BCUT2D eigenvalue weighted by atomic mass is 10.2. The zero-order chi connectivity index (χ0) is 14.7. The number of aromatic nitrogens is 3. The fraction of sp³-hybridized carbons (Fsp3) is 0.500. The van der Waals surface area contributed by atoms with Crippen molar-refractivity contribution < 1.29 is 14.6 Å². The van der Waals surface area contributed by atoms with Crippen molar-refractivity contribution in [3.8, 4) is 0 Å². The SMILES string of the molecule is O=C(O)c1cccc2c1nnn2CCCN1CCOCC1. The average molecular weight is 290 g/mol. The number of nitrogens with zero attached hydrogens (tertiary/aromatic N) is 4. The van der Waals surface area contributed by atoms with Crippen molar-refractivity contribution in [2.24, 2.45) is 0 Å². The van der Waals surface area contributed by atoms with Crippen molar-refractivity contribution in [1.29, 1.82) is 0 Å². The third-order valence-corrected chi connectivity index (χ3v) is 3.72. The summed E-state index contributed by atoms with van der Waals surface area (Å²) in [5.41, 5.74) is 1.43. The van der Waals surface area contributed by atoms with Crippen LogP contribution in [0.2, 0.25) is 0 Å². The Labute approximate surface area is 122 Å². The molecule has 1 N–H and O–H groups in total. The number of morpholine rings is 1. The van der Waals surface area contributed by atoms with E-state index in [9.17, 15) is 4.79 Å². The fourth-order valence-electron chi connectivity index (χ4n) is 2.60. The summed E-state index contributed by atoms with van der Waals surface area (Å²) in [6, 6.07) is 5.14. The Morgan fingerprint density at radius 2 is 2.10 bits per heavy atom. The average Bonchev–Trinajstić information content (AvgIpc) is 2.91. The zero-order valence-electron chi connectivity index (χ0n) is 11.7. The number of carboxylic acid groups (broad SMARTS) is 1. The Morgan fingerprint density at radius 3 is 2.86 bits per heavy atom. The van der Waals surface area contributed by atoms with Crippen LogP contribution in [0.5, 0.6) is 0 Å². The highest BCUT2D eigenvalue weighted by Gasteiger charge is 2.14. The van der Waals surface area contributed by atoms with E-state index in [4.69, 9.17) is 9.84 Å². The molecule has 0 atom stereocenters. The van der Waals surface area contributed by atoms with Gasteiger partial charge in [0.25, 0.3) is 0 Å². The van der Waals surface area contributed by atoms with Crippen molar-refractivity contribution in [1.82, 2.24) is 19.9 Å².